The molecule has 0 aliphatic heterocycles. The summed E-state index contributed by atoms with van der Waals surface area (Å²) >= 11 is 5.85. The van der Waals surface area contributed by atoms with Crippen LogP contribution in [-0.2, 0) is 4.79 Å². The molecule has 86 valence electrons. The molecule has 0 aliphatic rings. The molecule has 1 aromatic heterocycles. The van der Waals surface area contributed by atoms with Gasteiger partial charge in [-0.3, -0.25) is 0 Å². The lowest BCUT2D eigenvalue weighted by Gasteiger charge is -1.98. The highest BCUT2D eigenvalue weighted by Crippen LogP contribution is 2.14. The van der Waals surface area contributed by atoms with Gasteiger partial charge in [0.2, 0.25) is 0 Å². The SMILES string of the molecule is O=C(O)/C=C/c1cn(-c2cccc(Cl)c2)nn1. The van der Waals surface area contributed by atoms with Crippen LogP contribution < -0.4 is 0 Å². The van der Waals surface area contributed by atoms with E-state index in [4.69, 9.17) is 16.7 Å². The second-order valence-electron chi connectivity index (χ2n) is 3.24. The third-order valence-electron chi connectivity index (χ3n) is 1.98. The highest BCUT2D eigenvalue weighted by molar-refractivity contribution is 6.30. The van der Waals surface area contributed by atoms with E-state index in [1.807, 2.05) is 6.07 Å². The Labute approximate surface area is 102 Å². The molecule has 0 saturated heterocycles. The number of hydrogen-bond acceptors (Lipinski definition) is 3. The molecule has 2 rings (SSSR count). The Morgan fingerprint density at radius 3 is 3.00 bits per heavy atom. The van der Waals surface area contributed by atoms with E-state index < -0.39 is 5.97 Å². The smallest absolute Gasteiger partial charge is 0.328 e. The summed E-state index contributed by atoms with van der Waals surface area (Å²) in [6.45, 7) is 0. The molecule has 0 aliphatic carbocycles. The van der Waals surface area contributed by atoms with Crippen molar-refractivity contribution < 1.29 is 9.90 Å². The van der Waals surface area contributed by atoms with Crippen molar-refractivity contribution in [3.05, 3.63) is 47.3 Å². The van der Waals surface area contributed by atoms with Crippen molar-refractivity contribution in [1.29, 1.82) is 0 Å². The Balaban J connectivity index is 2.27. The van der Waals surface area contributed by atoms with Crippen molar-refractivity contribution in [2.24, 2.45) is 0 Å². The minimum atomic E-state index is -1.03. The molecular weight excluding hydrogens is 242 g/mol. The molecule has 1 N–H and O–H groups in total. The molecule has 0 spiro atoms. The first-order chi connectivity index (χ1) is 8.15. The maximum atomic E-state index is 10.3. The Morgan fingerprint density at radius 1 is 1.47 bits per heavy atom. The molecule has 5 nitrogen and oxygen atoms in total. The third kappa shape index (κ3) is 2.92. The van der Waals surface area contributed by atoms with Crippen molar-refractivity contribution in [2.45, 2.75) is 0 Å². The van der Waals surface area contributed by atoms with Crippen LogP contribution in [0.25, 0.3) is 11.8 Å². The van der Waals surface area contributed by atoms with E-state index in [1.54, 1.807) is 24.4 Å². The van der Waals surface area contributed by atoms with E-state index in [1.165, 1.54) is 10.8 Å². The van der Waals surface area contributed by atoms with Gasteiger partial charge in [0.15, 0.2) is 0 Å². The van der Waals surface area contributed by atoms with E-state index in [0.29, 0.717) is 10.7 Å². The van der Waals surface area contributed by atoms with Gasteiger partial charge >= 0.3 is 5.97 Å². The van der Waals surface area contributed by atoms with Crippen LogP contribution in [0, 0.1) is 0 Å². The van der Waals surface area contributed by atoms with Gasteiger partial charge in [0, 0.05) is 11.1 Å². The van der Waals surface area contributed by atoms with Crippen LogP contribution in [0.3, 0.4) is 0 Å². The Hall–Kier alpha value is -2.14. The number of aliphatic carboxylic acids is 1. The van der Waals surface area contributed by atoms with Gasteiger partial charge in [0.25, 0.3) is 0 Å². The molecular formula is C11H8ClN3O2. The van der Waals surface area contributed by atoms with Crippen LogP contribution in [0.1, 0.15) is 5.69 Å². The molecule has 0 saturated carbocycles. The van der Waals surface area contributed by atoms with Crippen LogP contribution in [0.15, 0.2) is 36.5 Å². The van der Waals surface area contributed by atoms with Crippen LogP contribution in [-0.4, -0.2) is 26.1 Å². The number of aromatic nitrogens is 3. The summed E-state index contributed by atoms with van der Waals surface area (Å²) in [7, 11) is 0. The first-order valence-electron chi connectivity index (χ1n) is 4.74. The number of benzene rings is 1. The van der Waals surface area contributed by atoms with E-state index in [9.17, 15) is 4.79 Å². The van der Waals surface area contributed by atoms with Gasteiger partial charge in [0.05, 0.1) is 11.9 Å². The summed E-state index contributed by atoms with van der Waals surface area (Å²) in [5.41, 5.74) is 1.23. The van der Waals surface area contributed by atoms with Crippen LogP contribution in [0.4, 0.5) is 0 Å². The lowest BCUT2D eigenvalue weighted by atomic mass is 10.3. The minimum absolute atomic E-state index is 0.465. The maximum absolute atomic E-state index is 10.3. The van der Waals surface area contributed by atoms with Crippen LogP contribution in [0.2, 0.25) is 5.02 Å². The molecule has 0 fully saturated rings. The van der Waals surface area contributed by atoms with E-state index in [-0.39, 0.29) is 0 Å². The van der Waals surface area contributed by atoms with E-state index in [2.05, 4.69) is 10.3 Å². The molecule has 6 heteroatoms. The number of carboxylic acids is 1. The predicted octanol–water partition coefficient (Wildman–Crippen LogP) is 2.02. The highest BCUT2D eigenvalue weighted by atomic mass is 35.5. The molecule has 1 heterocycles. The normalized spacial score (nSPS) is 10.9. The number of carboxylic acid groups (broad SMARTS) is 1. The van der Waals surface area contributed by atoms with Crippen molar-refractivity contribution in [1.82, 2.24) is 15.0 Å². The molecule has 0 atom stereocenters. The third-order valence-corrected chi connectivity index (χ3v) is 2.22. The fourth-order valence-electron chi connectivity index (χ4n) is 1.25. The summed E-state index contributed by atoms with van der Waals surface area (Å²) in [5, 5.41) is 16.8. The molecule has 0 bridgehead atoms. The van der Waals surface area contributed by atoms with Crippen LogP contribution >= 0.6 is 11.6 Å². The largest absolute Gasteiger partial charge is 0.478 e. The summed E-state index contributed by atoms with van der Waals surface area (Å²) in [6, 6.07) is 7.12. The van der Waals surface area contributed by atoms with Gasteiger partial charge in [0.1, 0.15) is 5.69 Å². The average Bonchev–Trinajstić information content (AvgIpc) is 2.75. The number of nitrogens with zero attached hydrogens (tertiary/aromatic N) is 3. The minimum Gasteiger partial charge on any atom is -0.478 e. The van der Waals surface area contributed by atoms with Gasteiger partial charge in [-0.05, 0) is 24.3 Å². The zero-order chi connectivity index (χ0) is 12.3. The molecule has 0 unspecified atom stereocenters. The van der Waals surface area contributed by atoms with Crippen molar-refractivity contribution in [3.8, 4) is 5.69 Å². The summed E-state index contributed by atoms with van der Waals surface area (Å²) in [6.07, 6.45) is 3.99. The zero-order valence-electron chi connectivity index (χ0n) is 8.62. The fraction of sp³-hybridized carbons (Fsp3) is 0. The zero-order valence-corrected chi connectivity index (χ0v) is 9.37. The standard InChI is InChI=1S/C11H8ClN3O2/c12-8-2-1-3-10(6-8)15-7-9(13-14-15)4-5-11(16)17/h1-7H,(H,16,17)/b5-4+. The number of halogens is 1. The molecule has 0 amide bonds. The molecule has 2 aromatic rings. The van der Waals surface area contributed by atoms with Crippen molar-refractivity contribution in [2.75, 3.05) is 0 Å². The van der Waals surface area contributed by atoms with Crippen molar-refractivity contribution >= 4 is 23.6 Å². The predicted molar refractivity (Wildman–Crippen MR) is 63.0 cm³/mol. The highest BCUT2D eigenvalue weighted by Gasteiger charge is 2.01. The van der Waals surface area contributed by atoms with Gasteiger partial charge < -0.3 is 5.11 Å². The summed E-state index contributed by atoms with van der Waals surface area (Å²) in [4.78, 5) is 10.3. The number of rotatable bonds is 3. The monoisotopic (exact) mass is 249 g/mol. The van der Waals surface area contributed by atoms with Gasteiger partial charge in [-0.25, -0.2) is 9.48 Å². The molecule has 17 heavy (non-hydrogen) atoms. The van der Waals surface area contributed by atoms with Crippen LogP contribution in [0.5, 0.6) is 0 Å². The second kappa shape index (κ2) is 4.80. The second-order valence-corrected chi connectivity index (χ2v) is 3.68. The summed E-state index contributed by atoms with van der Waals surface area (Å²) < 4.78 is 1.52. The van der Waals surface area contributed by atoms with E-state index in [0.717, 1.165) is 11.8 Å². The fourth-order valence-corrected chi connectivity index (χ4v) is 1.44. The summed E-state index contributed by atoms with van der Waals surface area (Å²) in [5.74, 6) is -1.03. The number of carbonyl (C=O) groups is 1. The first-order valence-corrected chi connectivity index (χ1v) is 5.12. The average molecular weight is 250 g/mol. The topological polar surface area (TPSA) is 68.0 Å². The van der Waals surface area contributed by atoms with Gasteiger partial charge in [-0.2, -0.15) is 0 Å². The quantitative estimate of drug-likeness (QED) is 0.845. The maximum Gasteiger partial charge on any atom is 0.328 e. The number of hydrogen-bond donors (Lipinski definition) is 1. The lowest BCUT2D eigenvalue weighted by molar-refractivity contribution is -0.131. The lowest BCUT2D eigenvalue weighted by Crippen LogP contribution is -1.93. The first kappa shape index (κ1) is 11.3. The molecule has 0 radical (unpaired) electrons. The van der Waals surface area contributed by atoms with Gasteiger partial charge in [-0.1, -0.05) is 22.9 Å². The van der Waals surface area contributed by atoms with Gasteiger partial charge in [-0.15, -0.1) is 5.10 Å². The van der Waals surface area contributed by atoms with Crippen molar-refractivity contribution in [3.63, 3.8) is 0 Å². The Kier molecular flexibility index (Phi) is 3.20. The molecule has 1 aromatic carbocycles. The van der Waals surface area contributed by atoms with E-state index >= 15 is 0 Å². The Morgan fingerprint density at radius 2 is 2.29 bits per heavy atom. The Bertz CT molecular complexity index is 578.